The predicted molar refractivity (Wildman–Crippen MR) is 243 cm³/mol. The summed E-state index contributed by atoms with van der Waals surface area (Å²) < 4.78 is 0. The van der Waals surface area contributed by atoms with Crippen LogP contribution >= 0.6 is 23.5 Å². The maximum atomic E-state index is 13.3. The van der Waals surface area contributed by atoms with Gasteiger partial charge in [-0.25, -0.2) is 9.59 Å². The summed E-state index contributed by atoms with van der Waals surface area (Å²) in [5.41, 5.74) is 3.08. The zero-order valence-electron chi connectivity index (χ0n) is 37.0. The van der Waals surface area contributed by atoms with E-state index in [1.165, 1.54) is 108 Å². The smallest absolute Gasteiger partial charge is 0.317 e. The number of carbonyl (C=O) groups is 4. The molecule has 4 amide bonds. The first-order chi connectivity index (χ1) is 27.6. The molecule has 0 saturated heterocycles. The molecule has 0 spiro atoms. The Hall–Kier alpha value is -2.45. The number of carbonyl (C=O) groups excluding carboxylic acids is 4. The normalized spacial score (nSPS) is 12.6. The van der Waals surface area contributed by atoms with Crippen LogP contribution in [0, 0.1) is 0 Å². The first kappa shape index (κ1) is 52.6. The molecular weight excluding hydrogens is 757 g/mol. The monoisotopic (exact) mass is 839 g/mol. The molecule has 0 radical (unpaired) electrons. The van der Waals surface area contributed by atoms with Crippen LogP contribution in [-0.4, -0.2) is 101 Å². The van der Waals surface area contributed by atoms with Crippen molar-refractivity contribution in [2.24, 2.45) is 5.10 Å². The highest BCUT2D eigenvalue weighted by Gasteiger charge is 2.22. The van der Waals surface area contributed by atoms with Gasteiger partial charge in [0.25, 0.3) is 0 Å². The first-order valence-corrected chi connectivity index (χ1v) is 24.3. The summed E-state index contributed by atoms with van der Waals surface area (Å²) in [5, 5.41) is 13.7. The van der Waals surface area contributed by atoms with Crippen LogP contribution in [0.15, 0.2) is 16.2 Å². The van der Waals surface area contributed by atoms with Gasteiger partial charge in [-0.3, -0.25) is 15.0 Å². The van der Waals surface area contributed by atoms with Gasteiger partial charge in [-0.05, 0) is 49.2 Å². The molecule has 1 aliphatic heterocycles. The van der Waals surface area contributed by atoms with Crippen molar-refractivity contribution in [1.82, 2.24) is 36.1 Å². The van der Waals surface area contributed by atoms with Crippen LogP contribution in [0.25, 0.3) is 0 Å². The topological polar surface area (TPSA) is 130 Å². The molecular formula is C43H82N8O4S2. The van der Waals surface area contributed by atoms with Crippen molar-refractivity contribution in [3.05, 3.63) is 11.1 Å². The Kier molecular flexibility index (Phi) is 32.7. The van der Waals surface area contributed by atoms with Crippen LogP contribution < -0.4 is 16.1 Å². The van der Waals surface area contributed by atoms with E-state index in [0.717, 1.165) is 74.9 Å². The number of nitrogens with zero attached hydrogens (tertiary/aromatic N) is 5. The summed E-state index contributed by atoms with van der Waals surface area (Å²) in [6, 6.07) is -0.403. The zero-order chi connectivity index (χ0) is 41.9. The number of hydrogen-bond donors (Lipinski definition) is 3. The minimum absolute atomic E-state index is 0.119. The quantitative estimate of drug-likeness (QED) is 0.0542. The van der Waals surface area contributed by atoms with Gasteiger partial charge in [-0.2, -0.15) is 5.01 Å². The fourth-order valence-electron chi connectivity index (χ4n) is 6.47. The number of hydrazone groups is 1. The van der Waals surface area contributed by atoms with Gasteiger partial charge in [0.15, 0.2) is 0 Å². The third-order valence-electron chi connectivity index (χ3n) is 9.95. The fraction of sp³-hybridized carbons (Fsp3) is 0.837. The maximum Gasteiger partial charge on any atom is 0.317 e. The molecule has 0 aromatic carbocycles. The number of rotatable bonds is 34. The molecule has 0 aromatic heterocycles. The number of thioether (sulfide) groups is 2. The number of urea groups is 2. The Balaban J connectivity index is 2.75. The number of nitrogens with one attached hydrogen (secondary N) is 3. The Morgan fingerprint density at radius 1 is 0.544 bits per heavy atom. The Labute approximate surface area is 356 Å². The molecule has 0 atom stereocenters. The summed E-state index contributed by atoms with van der Waals surface area (Å²) in [6.45, 7) is 11.4. The molecule has 0 aliphatic carbocycles. The minimum Gasteiger partial charge on any atom is -0.330 e. The van der Waals surface area contributed by atoms with Crippen LogP contribution in [0.4, 0.5) is 9.59 Å². The average molecular weight is 839 g/mol. The lowest BCUT2D eigenvalue weighted by atomic mass is 10.1. The van der Waals surface area contributed by atoms with E-state index in [1.54, 1.807) is 25.2 Å². The third-order valence-corrected chi connectivity index (χ3v) is 11.5. The van der Waals surface area contributed by atoms with E-state index in [2.05, 4.69) is 48.9 Å². The van der Waals surface area contributed by atoms with Gasteiger partial charge in [0, 0.05) is 46.4 Å². The summed E-state index contributed by atoms with van der Waals surface area (Å²) in [5.74, 6) is 0. The molecule has 57 heavy (non-hydrogen) atoms. The highest BCUT2D eigenvalue weighted by molar-refractivity contribution is 8.26. The van der Waals surface area contributed by atoms with E-state index in [4.69, 9.17) is 0 Å². The standard InChI is InChI=1S/C43H82N8O4S2/c1-7-11-15-19-23-27-31-49(32-28-24-20-16-12-8-2)42(54)44-36-40(52)56-38-35-39(47-51(46-38)48(5)6)57-41(53)37-45-43(55)50(33-29-25-21-17-13-9-3)34-30-26-22-18-14-10-4/h35,46H,7-34,36-37H2,1-6H3,(H,44,54)(H,45,55). The summed E-state index contributed by atoms with van der Waals surface area (Å²) in [7, 11) is 3.59. The van der Waals surface area contributed by atoms with Crippen molar-refractivity contribution in [3.8, 4) is 0 Å². The molecule has 0 bridgehead atoms. The van der Waals surface area contributed by atoms with Crippen LogP contribution in [-0.2, 0) is 9.59 Å². The molecule has 12 nitrogen and oxygen atoms in total. The van der Waals surface area contributed by atoms with Crippen LogP contribution in [0.2, 0.25) is 0 Å². The van der Waals surface area contributed by atoms with E-state index < -0.39 is 0 Å². The molecule has 0 saturated carbocycles. The van der Waals surface area contributed by atoms with Gasteiger partial charge in [-0.15, -0.1) is 10.3 Å². The van der Waals surface area contributed by atoms with E-state index in [9.17, 15) is 19.2 Å². The van der Waals surface area contributed by atoms with Crippen molar-refractivity contribution in [2.45, 2.75) is 182 Å². The average Bonchev–Trinajstić information content (AvgIpc) is 3.19. The second-order valence-corrected chi connectivity index (χ2v) is 17.7. The molecule has 1 aliphatic rings. The van der Waals surface area contributed by atoms with Crippen molar-refractivity contribution in [1.29, 1.82) is 0 Å². The van der Waals surface area contributed by atoms with Crippen molar-refractivity contribution >= 4 is 50.9 Å². The van der Waals surface area contributed by atoms with Gasteiger partial charge in [0.1, 0.15) is 10.1 Å². The van der Waals surface area contributed by atoms with Gasteiger partial charge in [-0.1, -0.05) is 156 Å². The second kappa shape index (κ2) is 35.5. The van der Waals surface area contributed by atoms with E-state index in [0.29, 0.717) is 36.3 Å². The summed E-state index contributed by atoms with van der Waals surface area (Å²) >= 11 is 1.89. The molecule has 0 aromatic rings. The first-order valence-electron chi connectivity index (χ1n) is 22.7. The molecule has 0 fully saturated rings. The van der Waals surface area contributed by atoms with E-state index in [1.807, 2.05) is 9.80 Å². The molecule has 330 valence electrons. The molecule has 1 rings (SSSR count). The van der Waals surface area contributed by atoms with Crippen molar-refractivity contribution < 1.29 is 19.2 Å². The third kappa shape index (κ3) is 27.8. The van der Waals surface area contributed by atoms with Crippen LogP contribution in [0.5, 0.6) is 0 Å². The highest BCUT2D eigenvalue weighted by Crippen LogP contribution is 2.22. The van der Waals surface area contributed by atoms with Gasteiger partial charge >= 0.3 is 12.1 Å². The Bertz CT molecular complexity index is 1120. The lowest BCUT2D eigenvalue weighted by molar-refractivity contribution is -0.110. The molecule has 3 N–H and O–H groups in total. The summed E-state index contributed by atoms with van der Waals surface area (Å²) in [4.78, 5) is 56.5. The Morgan fingerprint density at radius 2 is 0.877 bits per heavy atom. The predicted octanol–water partition coefficient (Wildman–Crippen LogP) is 10.4. The van der Waals surface area contributed by atoms with Crippen molar-refractivity contribution in [3.63, 3.8) is 0 Å². The second-order valence-electron chi connectivity index (χ2n) is 15.5. The fourth-order valence-corrected chi connectivity index (χ4v) is 7.91. The molecule has 14 heteroatoms. The van der Waals surface area contributed by atoms with E-state index in [-0.39, 0.29) is 35.4 Å². The number of hydrazine groups is 2. The number of hydrogen-bond acceptors (Lipinski definition) is 10. The Morgan fingerprint density at radius 3 is 1.23 bits per heavy atom. The largest absolute Gasteiger partial charge is 0.330 e. The van der Waals surface area contributed by atoms with Gasteiger partial charge < -0.3 is 20.4 Å². The van der Waals surface area contributed by atoms with E-state index >= 15 is 0 Å². The van der Waals surface area contributed by atoms with Crippen LogP contribution in [0.3, 0.4) is 0 Å². The SMILES string of the molecule is CCCCCCCCN(CCCCCCCC)C(=O)NCC(=O)SC1=CC(SC(=O)CNC(=O)N(CCCCCCCC)CCCCCCCC)=NN(N(C)C)N1. The zero-order valence-corrected chi connectivity index (χ0v) is 38.6. The van der Waals surface area contributed by atoms with Gasteiger partial charge in [0.2, 0.25) is 10.2 Å². The van der Waals surface area contributed by atoms with Crippen molar-refractivity contribution in [2.75, 3.05) is 53.4 Å². The summed E-state index contributed by atoms with van der Waals surface area (Å²) in [6.07, 6.45) is 29.4. The number of unbranched alkanes of at least 4 members (excludes halogenated alkanes) is 20. The van der Waals surface area contributed by atoms with Gasteiger partial charge in [0.05, 0.1) is 13.1 Å². The maximum absolute atomic E-state index is 13.3. The highest BCUT2D eigenvalue weighted by atomic mass is 32.2. The minimum atomic E-state index is -0.253. The molecule has 0 unspecified atom stereocenters. The lowest BCUT2D eigenvalue weighted by Gasteiger charge is -2.30. The lowest BCUT2D eigenvalue weighted by Crippen LogP contribution is -2.45. The number of amides is 4. The van der Waals surface area contributed by atoms with Crippen LogP contribution in [0.1, 0.15) is 182 Å². The molecule has 1 heterocycles.